The van der Waals surface area contributed by atoms with Crippen LogP contribution in [0, 0.1) is 0 Å². The Kier molecular flexibility index (Phi) is 3.57. The van der Waals surface area contributed by atoms with E-state index in [1.54, 1.807) is 0 Å². The lowest BCUT2D eigenvalue weighted by molar-refractivity contribution is 0.474. The third kappa shape index (κ3) is 2.61. The van der Waals surface area contributed by atoms with Crippen LogP contribution < -0.4 is 10.1 Å². The van der Waals surface area contributed by atoms with Crippen LogP contribution in [-0.4, -0.2) is 7.05 Å². The number of para-hydroxylation sites is 2. The quantitative estimate of drug-likeness (QED) is 0.842. The molecule has 0 heterocycles. The van der Waals surface area contributed by atoms with E-state index in [9.17, 15) is 0 Å². The maximum atomic E-state index is 5.82. The molecule has 82 valence electrons. The van der Waals surface area contributed by atoms with E-state index < -0.39 is 0 Å². The summed E-state index contributed by atoms with van der Waals surface area (Å²) < 4.78 is 5.82. The SMILES string of the molecule is CNCc1ccccc1Oc1ccccc1. The number of benzene rings is 2. The van der Waals surface area contributed by atoms with Gasteiger partial charge in [-0.05, 0) is 25.2 Å². The molecule has 0 spiro atoms. The molecule has 2 aromatic rings. The number of ether oxygens (including phenoxy) is 1. The largest absolute Gasteiger partial charge is 0.457 e. The van der Waals surface area contributed by atoms with Gasteiger partial charge < -0.3 is 10.1 Å². The van der Waals surface area contributed by atoms with Gasteiger partial charge in [0.25, 0.3) is 0 Å². The van der Waals surface area contributed by atoms with Gasteiger partial charge in [0.2, 0.25) is 0 Å². The minimum absolute atomic E-state index is 0.809. The standard InChI is InChI=1S/C14H15NO/c1-15-11-12-7-5-6-10-14(12)16-13-8-3-2-4-9-13/h2-10,15H,11H2,1H3. The molecule has 0 saturated carbocycles. The van der Waals surface area contributed by atoms with Gasteiger partial charge in [-0.1, -0.05) is 36.4 Å². The van der Waals surface area contributed by atoms with E-state index in [0.29, 0.717) is 0 Å². The fourth-order valence-corrected chi connectivity index (χ4v) is 1.56. The van der Waals surface area contributed by atoms with Crippen molar-refractivity contribution in [1.29, 1.82) is 0 Å². The van der Waals surface area contributed by atoms with Crippen LogP contribution in [0.3, 0.4) is 0 Å². The van der Waals surface area contributed by atoms with E-state index in [0.717, 1.165) is 23.6 Å². The molecule has 2 aromatic carbocycles. The fourth-order valence-electron chi connectivity index (χ4n) is 1.56. The summed E-state index contributed by atoms with van der Waals surface area (Å²) >= 11 is 0. The first-order valence-corrected chi connectivity index (χ1v) is 5.35. The summed E-state index contributed by atoms with van der Waals surface area (Å²) in [4.78, 5) is 0. The molecule has 2 heteroatoms. The van der Waals surface area contributed by atoms with Crippen LogP contribution in [0.1, 0.15) is 5.56 Å². The minimum Gasteiger partial charge on any atom is -0.457 e. The molecule has 16 heavy (non-hydrogen) atoms. The third-order valence-corrected chi connectivity index (χ3v) is 2.31. The molecule has 0 amide bonds. The zero-order valence-corrected chi connectivity index (χ0v) is 9.31. The molecule has 1 N–H and O–H groups in total. The minimum atomic E-state index is 0.809. The van der Waals surface area contributed by atoms with E-state index in [4.69, 9.17) is 4.74 Å². The summed E-state index contributed by atoms with van der Waals surface area (Å²) in [6, 6.07) is 17.9. The van der Waals surface area contributed by atoms with Crippen molar-refractivity contribution in [3.63, 3.8) is 0 Å². The van der Waals surface area contributed by atoms with Gasteiger partial charge in [0.1, 0.15) is 11.5 Å². The molecule has 2 rings (SSSR count). The van der Waals surface area contributed by atoms with Gasteiger partial charge in [-0.15, -0.1) is 0 Å². The highest BCUT2D eigenvalue weighted by Gasteiger charge is 2.02. The summed E-state index contributed by atoms with van der Waals surface area (Å²) in [5, 5.41) is 3.13. The van der Waals surface area contributed by atoms with E-state index >= 15 is 0 Å². The van der Waals surface area contributed by atoms with Crippen molar-refractivity contribution in [2.24, 2.45) is 0 Å². The predicted molar refractivity (Wildman–Crippen MR) is 65.7 cm³/mol. The smallest absolute Gasteiger partial charge is 0.131 e. The summed E-state index contributed by atoms with van der Waals surface area (Å²) in [5.41, 5.74) is 1.16. The second-order valence-corrected chi connectivity index (χ2v) is 3.55. The second kappa shape index (κ2) is 5.33. The monoisotopic (exact) mass is 213 g/mol. The lowest BCUT2D eigenvalue weighted by atomic mass is 10.2. The van der Waals surface area contributed by atoms with Crippen LogP contribution in [0.15, 0.2) is 54.6 Å². The maximum Gasteiger partial charge on any atom is 0.131 e. The second-order valence-electron chi connectivity index (χ2n) is 3.55. The van der Waals surface area contributed by atoms with Crippen molar-refractivity contribution in [1.82, 2.24) is 5.32 Å². The van der Waals surface area contributed by atoms with Crippen LogP contribution in [0.25, 0.3) is 0 Å². The molecule has 0 unspecified atom stereocenters. The van der Waals surface area contributed by atoms with Crippen LogP contribution in [0.4, 0.5) is 0 Å². The first kappa shape index (κ1) is 10.7. The number of nitrogens with one attached hydrogen (secondary N) is 1. The average Bonchev–Trinajstić information content (AvgIpc) is 2.33. The highest BCUT2D eigenvalue weighted by molar-refractivity contribution is 5.37. The zero-order valence-electron chi connectivity index (χ0n) is 9.31. The molecule has 0 radical (unpaired) electrons. The molecule has 0 aliphatic rings. The van der Waals surface area contributed by atoms with Gasteiger partial charge >= 0.3 is 0 Å². The normalized spacial score (nSPS) is 10.1. The number of rotatable bonds is 4. The first-order valence-electron chi connectivity index (χ1n) is 5.35. The predicted octanol–water partition coefficient (Wildman–Crippen LogP) is 3.20. The topological polar surface area (TPSA) is 21.3 Å². The molecule has 0 atom stereocenters. The highest BCUT2D eigenvalue weighted by Crippen LogP contribution is 2.24. The van der Waals surface area contributed by atoms with Crippen LogP contribution in [-0.2, 0) is 6.54 Å². The molecule has 0 aromatic heterocycles. The molecular formula is C14H15NO. The highest BCUT2D eigenvalue weighted by atomic mass is 16.5. The Labute approximate surface area is 95.9 Å². The maximum absolute atomic E-state index is 5.82. The Bertz CT molecular complexity index is 439. The number of hydrogen-bond donors (Lipinski definition) is 1. The van der Waals surface area contributed by atoms with Gasteiger partial charge in [-0.3, -0.25) is 0 Å². The average molecular weight is 213 g/mol. The molecule has 0 aliphatic carbocycles. The Hall–Kier alpha value is -1.80. The molecule has 0 aliphatic heterocycles. The van der Waals surface area contributed by atoms with Crippen molar-refractivity contribution >= 4 is 0 Å². The Morgan fingerprint density at radius 3 is 2.38 bits per heavy atom. The molecular weight excluding hydrogens is 198 g/mol. The summed E-state index contributed by atoms with van der Waals surface area (Å²) in [7, 11) is 1.93. The Balaban J connectivity index is 2.21. The first-order chi connectivity index (χ1) is 7.90. The van der Waals surface area contributed by atoms with Gasteiger partial charge in [-0.2, -0.15) is 0 Å². The molecule has 0 bridgehead atoms. The van der Waals surface area contributed by atoms with E-state index in [1.165, 1.54) is 0 Å². The Morgan fingerprint density at radius 2 is 1.62 bits per heavy atom. The summed E-state index contributed by atoms with van der Waals surface area (Å²) in [6.45, 7) is 0.809. The molecule has 0 saturated heterocycles. The van der Waals surface area contributed by atoms with Crippen LogP contribution in [0.2, 0.25) is 0 Å². The van der Waals surface area contributed by atoms with Gasteiger partial charge in [0.15, 0.2) is 0 Å². The van der Waals surface area contributed by atoms with Gasteiger partial charge in [-0.25, -0.2) is 0 Å². The zero-order chi connectivity index (χ0) is 11.2. The lowest BCUT2D eigenvalue weighted by Crippen LogP contribution is -2.06. The fraction of sp³-hybridized carbons (Fsp3) is 0.143. The van der Waals surface area contributed by atoms with Crippen molar-refractivity contribution in [2.75, 3.05) is 7.05 Å². The third-order valence-electron chi connectivity index (χ3n) is 2.31. The molecule has 2 nitrogen and oxygen atoms in total. The van der Waals surface area contributed by atoms with Crippen molar-refractivity contribution in [3.8, 4) is 11.5 Å². The van der Waals surface area contributed by atoms with Crippen molar-refractivity contribution in [2.45, 2.75) is 6.54 Å². The Morgan fingerprint density at radius 1 is 0.938 bits per heavy atom. The lowest BCUT2D eigenvalue weighted by Gasteiger charge is -2.10. The van der Waals surface area contributed by atoms with Crippen LogP contribution >= 0.6 is 0 Å². The van der Waals surface area contributed by atoms with E-state index in [2.05, 4.69) is 11.4 Å². The molecule has 0 fully saturated rings. The summed E-state index contributed by atoms with van der Waals surface area (Å²) in [6.07, 6.45) is 0. The van der Waals surface area contributed by atoms with Crippen LogP contribution in [0.5, 0.6) is 11.5 Å². The van der Waals surface area contributed by atoms with Gasteiger partial charge in [0.05, 0.1) is 0 Å². The van der Waals surface area contributed by atoms with E-state index in [-0.39, 0.29) is 0 Å². The van der Waals surface area contributed by atoms with Crippen molar-refractivity contribution in [3.05, 3.63) is 60.2 Å². The van der Waals surface area contributed by atoms with Gasteiger partial charge in [0, 0.05) is 12.1 Å². The summed E-state index contributed by atoms with van der Waals surface area (Å²) in [5.74, 6) is 1.77. The van der Waals surface area contributed by atoms with E-state index in [1.807, 2.05) is 55.6 Å². The number of hydrogen-bond acceptors (Lipinski definition) is 2. The van der Waals surface area contributed by atoms with Crippen molar-refractivity contribution < 1.29 is 4.74 Å².